The van der Waals surface area contributed by atoms with Gasteiger partial charge in [0.05, 0.1) is 25.0 Å². The summed E-state index contributed by atoms with van der Waals surface area (Å²) in [5.74, 6) is -14.7. The molecule has 1 aromatic heterocycles. The number of para-hydroxylation sites is 1. The normalized spacial score (nSPS) is 19.2. The highest BCUT2D eigenvalue weighted by atomic mass is 33.1. The summed E-state index contributed by atoms with van der Waals surface area (Å²) in [6, 6.07) is 6.23. The fourth-order valence-electron chi connectivity index (χ4n) is 14.9. The first-order valence-corrected chi connectivity index (χ1v) is 46.4. The van der Waals surface area contributed by atoms with Gasteiger partial charge in [-0.15, -0.1) is 0 Å². The van der Waals surface area contributed by atoms with Gasteiger partial charge >= 0.3 is 0 Å². The molecule has 0 unspecified atom stereocenters. The number of H-pyrrole nitrogens is 1. The van der Waals surface area contributed by atoms with E-state index in [0.717, 1.165) is 51.8 Å². The van der Waals surface area contributed by atoms with Crippen molar-refractivity contribution < 1.29 is 91.4 Å². The number of fused-ring (bicyclic) bond motifs is 2. The van der Waals surface area contributed by atoms with Crippen LogP contribution in [0.2, 0.25) is 0 Å². The van der Waals surface area contributed by atoms with E-state index in [-0.39, 0.29) is 115 Å². The van der Waals surface area contributed by atoms with Crippen molar-refractivity contribution >= 4 is 143 Å². The number of carbonyl (C=O) groups excluding carboxylic acids is 17. The summed E-state index contributed by atoms with van der Waals surface area (Å²) in [6.07, 6.45) is -0.0924. The Bertz CT molecular complexity index is 4840. The quantitative estimate of drug-likeness (QED) is 0.0191. The molecule has 718 valence electrons. The van der Waals surface area contributed by atoms with Gasteiger partial charge in [-0.2, -0.15) is 0 Å². The van der Waals surface area contributed by atoms with Crippen molar-refractivity contribution in [2.45, 2.75) is 286 Å². The van der Waals surface area contributed by atoms with Gasteiger partial charge in [0.1, 0.15) is 84.1 Å². The van der Waals surface area contributed by atoms with E-state index < -0.39 is 189 Å². The Morgan fingerprint density at radius 3 is 1.79 bits per heavy atom. The maximum absolute atomic E-state index is 16.4. The Morgan fingerprint density at radius 1 is 0.557 bits per heavy atom. The van der Waals surface area contributed by atoms with Crippen LogP contribution < -0.4 is 103 Å². The highest BCUT2D eigenvalue weighted by Gasteiger charge is 2.47. The number of unbranched alkanes of at least 4 members (excludes halogenated alkanes) is 5. The number of nitrogens with one attached hydrogen (secondary N) is 14. The Morgan fingerprint density at radius 2 is 1.15 bits per heavy atom. The molecule has 0 spiro atoms. The van der Waals surface area contributed by atoms with Gasteiger partial charge in [-0.25, -0.2) is 0 Å². The zero-order valence-corrected chi connectivity index (χ0v) is 78.2. The molecule has 15 amide bonds. The van der Waals surface area contributed by atoms with E-state index in [4.69, 9.17) is 33.4 Å². The van der Waals surface area contributed by atoms with E-state index >= 15 is 28.8 Å². The monoisotopic (exact) mass is 1860 g/mol. The standard InChI is InChI=1S/C91H133N19O19S2/c1-51-24-23-28-63-61(50-98-74(51)63)47-69-81(121)101-65(30-14-12-13-25-52(2)111)79(119)109-77(90(9,10)131-130-89(7,8)76(99-56(6)115)86(126)106-71(49-73(96)117)83(123)108-75(54(4)113)85(125)104-69)87(127)105-67(45-57-33-36-62(37-34-57)129-43-41-94)80(120)102-68(46-58-32-35-59-26-15-16-27-60(59)44-58)84(124)110-91(11,38-19-21-40-93)88(128)107-66(31-18-22-42-97-55(5)114)78(118)103-70(48-72(95)116)82(122)100-64(53(3)112)29-17-20-39-92/h15-16,23-24,26-28,32-37,44,50,54,64-71,75-77,98,113H,12-14,17-22,25,29-31,38-43,45-49,92-94H2,1-11H3,(H2,95,116)(H2,96,117)(H,97,114)(H,99,115)(H,100,122)(H,101,121)(H,102,120)(H,103,118)(H,104,125)(H,105,127)(H,106,126)(H,107,128)(H,108,123)(H,109,119)(H,110,124)/t54-,64-,65+,66+,67+,68+,69+,70+,71+,75+,76-,77-,91+/m1/s1. The molecule has 2 heterocycles. The van der Waals surface area contributed by atoms with Crippen LogP contribution in [0.4, 0.5) is 0 Å². The van der Waals surface area contributed by atoms with Crippen LogP contribution in [0.3, 0.4) is 0 Å². The van der Waals surface area contributed by atoms with Crippen molar-refractivity contribution in [2.75, 3.05) is 32.8 Å². The van der Waals surface area contributed by atoms with Crippen molar-refractivity contribution in [3.05, 3.63) is 113 Å². The summed E-state index contributed by atoms with van der Waals surface area (Å²) < 4.78 is 2.61. The van der Waals surface area contributed by atoms with Crippen LogP contribution in [0.1, 0.15) is 194 Å². The maximum Gasteiger partial charge on any atom is 0.246 e. The molecule has 4 aromatic carbocycles. The number of Topliss-reactive ketones (excluding diaryl/α,β-unsaturated/α-hetero) is 2. The number of aliphatic hydroxyl groups excluding tert-OH is 1. The molecule has 1 aliphatic rings. The first-order chi connectivity index (χ1) is 61.9. The van der Waals surface area contributed by atoms with Gasteiger partial charge in [0.15, 0.2) is 5.78 Å². The summed E-state index contributed by atoms with van der Waals surface area (Å²) in [5.41, 5.74) is 29.7. The first-order valence-electron chi connectivity index (χ1n) is 44.2. The van der Waals surface area contributed by atoms with Gasteiger partial charge in [0.2, 0.25) is 88.6 Å². The fourth-order valence-corrected chi connectivity index (χ4v) is 17.7. The summed E-state index contributed by atoms with van der Waals surface area (Å²) in [5, 5.41) is 48.6. The Kier molecular flexibility index (Phi) is 43.3. The van der Waals surface area contributed by atoms with Crippen LogP contribution >= 0.6 is 21.6 Å². The number of amides is 15. The third-order valence-electron chi connectivity index (χ3n) is 22.4. The smallest absolute Gasteiger partial charge is 0.246 e. The third-order valence-corrected chi connectivity index (χ3v) is 26.6. The lowest BCUT2D eigenvalue weighted by atomic mass is 9.91. The second-order valence-electron chi connectivity index (χ2n) is 34.6. The van der Waals surface area contributed by atoms with Crippen LogP contribution in [0.15, 0.2) is 91.1 Å². The molecule has 1 saturated heterocycles. The lowest BCUT2D eigenvalue weighted by Gasteiger charge is -2.39. The number of aliphatic hydroxyl groups is 1. The number of aromatic nitrogens is 1. The van der Waals surface area contributed by atoms with Gasteiger partial charge in [0.25, 0.3) is 0 Å². The molecule has 1 fully saturated rings. The van der Waals surface area contributed by atoms with Crippen molar-refractivity contribution in [1.82, 2.24) is 74.1 Å². The average molecular weight is 1860 g/mol. The first kappa shape index (κ1) is 108. The number of aromatic amines is 1. The van der Waals surface area contributed by atoms with Gasteiger partial charge < -0.3 is 117 Å². The Balaban J connectivity index is 1.54. The molecule has 25 N–H and O–H groups in total. The van der Waals surface area contributed by atoms with Gasteiger partial charge in [-0.3, -0.25) is 76.7 Å². The second-order valence-corrected chi connectivity index (χ2v) is 38.0. The molecule has 1 aliphatic heterocycles. The van der Waals surface area contributed by atoms with Crippen LogP contribution in [0.25, 0.3) is 21.7 Å². The van der Waals surface area contributed by atoms with Gasteiger partial charge in [-0.1, -0.05) is 107 Å². The number of ether oxygens (including phenoxy) is 1. The molecule has 0 saturated carbocycles. The van der Waals surface area contributed by atoms with Crippen LogP contribution in [0.5, 0.6) is 5.75 Å². The number of aryl methyl sites for hydroxylation is 1. The summed E-state index contributed by atoms with van der Waals surface area (Å²) >= 11 is 0. The number of rotatable bonds is 47. The number of benzene rings is 4. The molecule has 0 aliphatic carbocycles. The maximum atomic E-state index is 16.4. The number of primary amides is 2. The van der Waals surface area contributed by atoms with Gasteiger partial charge in [-0.05, 0) is 191 Å². The largest absolute Gasteiger partial charge is 0.492 e. The molecular formula is C91H133N19O19S2. The fraction of sp³-hybridized carbons (Fsp3) is 0.549. The van der Waals surface area contributed by atoms with Crippen molar-refractivity contribution in [2.24, 2.45) is 28.7 Å². The van der Waals surface area contributed by atoms with Crippen LogP contribution in [0, 0.1) is 6.92 Å². The minimum absolute atomic E-state index is 0.114. The average Bonchev–Trinajstić information content (AvgIpc) is 1.11. The zero-order chi connectivity index (χ0) is 97.0. The van der Waals surface area contributed by atoms with E-state index in [1.165, 1.54) is 41.5 Å². The Labute approximate surface area is 771 Å². The summed E-state index contributed by atoms with van der Waals surface area (Å²) in [7, 11) is 1.83. The number of ketones is 2. The molecule has 13 atom stereocenters. The predicted octanol–water partition coefficient (Wildman–Crippen LogP) is 0.999. The predicted molar refractivity (Wildman–Crippen MR) is 498 cm³/mol. The topological polar surface area (TPSA) is 622 Å². The molecule has 0 radical (unpaired) electrons. The zero-order valence-electron chi connectivity index (χ0n) is 76.6. The molecular weight excluding hydrogens is 1730 g/mol. The Hall–Kier alpha value is -11.6. The van der Waals surface area contributed by atoms with Crippen LogP contribution in [-0.2, 0) is 101 Å². The minimum atomic E-state index is -2.01. The molecule has 131 heavy (non-hydrogen) atoms. The number of nitrogens with two attached hydrogens (primary N) is 5. The van der Waals surface area contributed by atoms with Gasteiger partial charge in [0, 0.05) is 79.2 Å². The lowest BCUT2D eigenvalue weighted by molar-refractivity contribution is -0.138. The van der Waals surface area contributed by atoms with E-state index in [1.807, 2.05) is 31.2 Å². The van der Waals surface area contributed by atoms with E-state index in [0.29, 0.717) is 72.0 Å². The highest BCUT2D eigenvalue weighted by Crippen LogP contribution is 2.47. The van der Waals surface area contributed by atoms with E-state index in [2.05, 4.69) is 74.1 Å². The highest BCUT2D eigenvalue weighted by molar-refractivity contribution is 8.77. The second kappa shape index (κ2) is 52.5. The number of carbonyl (C=O) groups is 17. The minimum Gasteiger partial charge on any atom is -0.492 e. The molecule has 38 nitrogen and oxygen atoms in total. The molecule has 40 heteroatoms. The molecule has 5 aromatic rings. The van der Waals surface area contributed by atoms with E-state index in [9.17, 15) is 57.8 Å². The number of hydrogen-bond donors (Lipinski definition) is 20. The van der Waals surface area contributed by atoms with E-state index in [1.54, 1.807) is 80.7 Å². The number of hydrogen-bond acceptors (Lipinski definition) is 24. The van der Waals surface area contributed by atoms with Crippen LogP contribution in [-0.4, -0.2) is 231 Å². The SMILES string of the molecule is CC(=O)CCCCC[C@@H]1NC(=O)[C@H](Cc2c[nH]c3c(C)cccc23)NC(=O)[C@H]([C@@H](C)O)NC(=O)[C@H](CC(N)=O)NC(=O)[C@@H](NC(C)=O)C(C)(C)SSC(C)(C)[C@@H](C(=O)N[C@@H](Cc2ccc(OCCN)cc2)C(=O)N[C@@H](Cc2ccc3ccccc3c2)C(=O)N[C@@](C)(CCCCN)C(=O)N[C@@H](CCCCNC(C)=O)C(=O)N[C@@H](CC(N)=O)C(=O)N[C@H](CCCCN)C(C)=O)NC1=O. The van der Waals surface area contributed by atoms with Crippen molar-refractivity contribution in [3.63, 3.8) is 0 Å². The summed E-state index contributed by atoms with van der Waals surface area (Å²) in [6.45, 7) is 16.5. The lowest BCUT2D eigenvalue weighted by Crippen LogP contribution is -2.65. The molecule has 0 bridgehead atoms. The van der Waals surface area contributed by atoms with Crippen molar-refractivity contribution in [1.29, 1.82) is 0 Å². The van der Waals surface area contributed by atoms with Crippen molar-refractivity contribution in [3.8, 4) is 5.75 Å². The summed E-state index contributed by atoms with van der Waals surface area (Å²) in [4.78, 5) is 248. The molecule has 6 rings (SSSR count). The third kappa shape index (κ3) is 34.9.